The van der Waals surface area contributed by atoms with Crippen molar-refractivity contribution in [2.75, 3.05) is 0 Å². The van der Waals surface area contributed by atoms with Crippen LogP contribution in [0.25, 0.3) is 0 Å². The van der Waals surface area contributed by atoms with Gasteiger partial charge in [-0.2, -0.15) is 5.26 Å². The molecule has 2 bridgehead atoms. The summed E-state index contributed by atoms with van der Waals surface area (Å²) < 4.78 is 15.2. The van der Waals surface area contributed by atoms with Crippen LogP contribution in [0.5, 0.6) is 0 Å². The molecule has 0 radical (unpaired) electrons. The Hall–Kier alpha value is -1.89. The average molecular weight is 328 g/mol. The number of rotatable bonds is 3. The first-order chi connectivity index (χ1) is 11.1. The molecule has 0 saturated heterocycles. The van der Waals surface area contributed by atoms with Crippen LogP contribution in [0.4, 0.5) is 4.39 Å². The summed E-state index contributed by atoms with van der Waals surface area (Å²) >= 11 is 0. The van der Waals surface area contributed by atoms with Gasteiger partial charge in [-0.25, -0.2) is 4.39 Å². The maximum Gasteiger partial charge on any atom is 0.298 e. The number of carbonyl (C=O) groups excluding carboxylic acids is 1. The lowest BCUT2D eigenvalue weighted by Crippen LogP contribution is -2.51. The number of carbonyl (C=O) groups is 1. The van der Waals surface area contributed by atoms with E-state index in [9.17, 15) is 10.1 Å². The molecule has 0 spiro atoms. The average Bonchev–Trinajstić information content (AvgIpc) is 2.88. The van der Waals surface area contributed by atoms with Crippen LogP contribution in [0.15, 0.2) is 24.3 Å². The lowest BCUT2D eigenvalue weighted by Gasteiger charge is -2.40. The van der Waals surface area contributed by atoms with Gasteiger partial charge in [-0.15, -0.1) is 0 Å². The van der Waals surface area contributed by atoms with E-state index in [2.05, 4.69) is 26.1 Å². The Balaban J connectivity index is 1.84. The molecule has 0 heterocycles. The van der Waals surface area contributed by atoms with Crippen molar-refractivity contribution in [2.24, 2.45) is 16.7 Å². The number of hydrogen-bond donors (Lipinski definition) is 1. The molecular formula is C20H25FN2O. The van der Waals surface area contributed by atoms with Gasteiger partial charge in [0, 0.05) is 11.6 Å². The van der Waals surface area contributed by atoms with Gasteiger partial charge in [-0.3, -0.25) is 4.79 Å². The third-order valence-corrected chi connectivity index (χ3v) is 7.02. The van der Waals surface area contributed by atoms with Crippen molar-refractivity contribution < 1.29 is 9.18 Å². The predicted octanol–water partition coefficient (Wildman–Crippen LogP) is 4.01. The Morgan fingerprint density at radius 2 is 1.96 bits per heavy atom. The number of nitrogens with zero attached hydrogens (tertiary/aromatic N) is 1. The highest BCUT2D eigenvalue weighted by molar-refractivity contribution is 5.89. The SMILES string of the molecule is Cc1ccc([C@](F)(C#N)C(=O)N[C@H]2C[C@H]3CC[C@]2(C)C3(C)C)cc1. The maximum atomic E-state index is 15.2. The summed E-state index contributed by atoms with van der Waals surface area (Å²) in [5.74, 6) is -0.285. The zero-order valence-electron chi connectivity index (χ0n) is 14.8. The number of alkyl halides is 1. The topological polar surface area (TPSA) is 52.9 Å². The summed E-state index contributed by atoms with van der Waals surface area (Å²) in [5, 5.41) is 12.2. The molecule has 2 aliphatic rings. The number of halogens is 1. The van der Waals surface area contributed by atoms with Gasteiger partial charge >= 0.3 is 0 Å². The molecule has 3 rings (SSSR count). The summed E-state index contributed by atoms with van der Waals surface area (Å²) in [7, 11) is 0. The first-order valence-corrected chi connectivity index (χ1v) is 8.63. The van der Waals surface area contributed by atoms with Crippen LogP contribution in [-0.2, 0) is 10.5 Å². The maximum absolute atomic E-state index is 15.2. The second kappa shape index (κ2) is 5.31. The Morgan fingerprint density at radius 3 is 2.42 bits per heavy atom. The van der Waals surface area contributed by atoms with E-state index in [4.69, 9.17) is 0 Å². The van der Waals surface area contributed by atoms with Crippen molar-refractivity contribution in [1.29, 1.82) is 5.26 Å². The normalized spacial score (nSPS) is 32.8. The molecule has 0 aromatic heterocycles. The molecule has 2 fully saturated rings. The molecule has 0 aliphatic heterocycles. The van der Waals surface area contributed by atoms with Crippen LogP contribution in [0, 0.1) is 35.0 Å². The van der Waals surface area contributed by atoms with Gasteiger partial charge in [0.05, 0.1) is 0 Å². The van der Waals surface area contributed by atoms with E-state index >= 15 is 4.39 Å². The molecule has 1 aromatic carbocycles. The van der Waals surface area contributed by atoms with Crippen molar-refractivity contribution in [3.05, 3.63) is 35.4 Å². The third-order valence-electron chi connectivity index (χ3n) is 7.02. The van der Waals surface area contributed by atoms with Crippen LogP contribution < -0.4 is 5.32 Å². The molecule has 0 unspecified atom stereocenters. The number of nitriles is 1. The molecule has 1 aromatic rings. The summed E-state index contributed by atoms with van der Waals surface area (Å²) in [4.78, 5) is 12.7. The summed E-state index contributed by atoms with van der Waals surface area (Å²) in [6.45, 7) is 8.55. The van der Waals surface area contributed by atoms with Crippen molar-refractivity contribution >= 4 is 5.91 Å². The summed E-state index contributed by atoms with van der Waals surface area (Å²) in [5.41, 5.74) is -1.50. The third kappa shape index (κ3) is 2.17. The van der Waals surface area contributed by atoms with E-state index in [0.29, 0.717) is 5.92 Å². The fraction of sp³-hybridized carbons (Fsp3) is 0.600. The number of nitrogens with one attached hydrogen (secondary N) is 1. The van der Waals surface area contributed by atoms with E-state index < -0.39 is 11.6 Å². The quantitative estimate of drug-likeness (QED) is 0.911. The smallest absolute Gasteiger partial charge is 0.298 e. The molecule has 2 aliphatic carbocycles. The van der Waals surface area contributed by atoms with Crippen LogP contribution in [-0.4, -0.2) is 11.9 Å². The zero-order chi connectivity index (χ0) is 17.8. The Morgan fingerprint density at radius 1 is 1.33 bits per heavy atom. The fourth-order valence-electron chi connectivity index (χ4n) is 4.71. The van der Waals surface area contributed by atoms with Crippen molar-refractivity contribution in [3.63, 3.8) is 0 Å². The molecular weight excluding hydrogens is 303 g/mol. The van der Waals surface area contributed by atoms with Gasteiger partial charge in [-0.05, 0) is 42.9 Å². The Bertz CT molecular complexity index is 705. The predicted molar refractivity (Wildman–Crippen MR) is 90.7 cm³/mol. The molecule has 128 valence electrons. The summed E-state index contributed by atoms with van der Waals surface area (Å²) in [6, 6.07) is 7.98. The van der Waals surface area contributed by atoms with E-state index in [1.165, 1.54) is 12.1 Å². The Kier molecular flexibility index (Phi) is 3.75. The van der Waals surface area contributed by atoms with E-state index in [0.717, 1.165) is 24.8 Å². The van der Waals surface area contributed by atoms with Gasteiger partial charge in [0.2, 0.25) is 0 Å². The molecule has 2 saturated carbocycles. The Labute approximate surface area is 143 Å². The molecule has 3 nitrogen and oxygen atoms in total. The molecule has 1 amide bonds. The first-order valence-electron chi connectivity index (χ1n) is 8.63. The van der Waals surface area contributed by atoms with Gasteiger partial charge in [0.25, 0.3) is 11.6 Å². The fourth-order valence-corrected chi connectivity index (χ4v) is 4.71. The number of aryl methyl sites for hydroxylation is 1. The van der Waals surface area contributed by atoms with Crippen molar-refractivity contribution in [3.8, 4) is 6.07 Å². The number of benzene rings is 1. The highest BCUT2D eigenvalue weighted by Gasteiger charge is 2.62. The number of amides is 1. The summed E-state index contributed by atoms with van der Waals surface area (Å²) in [6.07, 6.45) is 3.06. The lowest BCUT2D eigenvalue weighted by atomic mass is 9.69. The highest BCUT2D eigenvalue weighted by Crippen LogP contribution is 2.65. The minimum atomic E-state index is -2.64. The van der Waals surface area contributed by atoms with E-state index in [1.54, 1.807) is 18.2 Å². The van der Waals surface area contributed by atoms with Crippen LogP contribution in [0.1, 0.15) is 51.2 Å². The highest BCUT2D eigenvalue weighted by atomic mass is 19.1. The lowest BCUT2D eigenvalue weighted by molar-refractivity contribution is -0.131. The second-order valence-corrected chi connectivity index (χ2v) is 8.27. The monoisotopic (exact) mass is 328 g/mol. The van der Waals surface area contributed by atoms with Gasteiger partial charge < -0.3 is 5.32 Å². The van der Waals surface area contributed by atoms with Gasteiger partial charge in [-0.1, -0.05) is 50.6 Å². The van der Waals surface area contributed by atoms with Crippen molar-refractivity contribution in [2.45, 2.75) is 58.7 Å². The van der Waals surface area contributed by atoms with Crippen LogP contribution in [0.2, 0.25) is 0 Å². The van der Waals surface area contributed by atoms with Gasteiger partial charge in [0.1, 0.15) is 6.07 Å². The number of hydrogen-bond acceptors (Lipinski definition) is 2. The number of fused-ring (bicyclic) bond motifs is 2. The van der Waals surface area contributed by atoms with Crippen LogP contribution in [0.3, 0.4) is 0 Å². The van der Waals surface area contributed by atoms with Crippen molar-refractivity contribution in [1.82, 2.24) is 5.32 Å². The largest absolute Gasteiger partial charge is 0.349 e. The van der Waals surface area contributed by atoms with E-state index in [1.807, 2.05) is 6.92 Å². The van der Waals surface area contributed by atoms with Gasteiger partial charge in [0.15, 0.2) is 0 Å². The first kappa shape index (κ1) is 17.0. The van der Waals surface area contributed by atoms with Crippen LogP contribution >= 0.6 is 0 Å². The minimum absolute atomic E-state index is 0.0447. The standard InChI is InChI=1S/C20H25FN2O/c1-13-5-7-14(8-6-13)20(21,12-22)17(24)23-16-11-15-9-10-19(16,4)18(15,2)3/h5-8,15-16H,9-11H2,1-4H3,(H,23,24)/t15-,16+,19+,20-/m1/s1. The minimum Gasteiger partial charge on any atom is -0.349 e. The van der Waals surface area contributed by atoms with E-state index in [-0.39, 0.29) is 22.4 Å². The molecule has 4 atom stereocenters. The molecule has 1 N–H and O–H groups in total. The zero-order valence-corrected chi connectivity index (χ0v) is 14.8. The molecule has 24 heavy (non-hydrogen) atoms. The second-order valence-electron chi connectivity index (χ2n) is 8.27. The molecule has 4 heteroatoms.